The third kappa shape index (κ3) is 9.87. The number of sulfonamides is 1. The highest BCUT2D eigenvalue weighted by Gasteiger charge is 2.24. The molecule has 50 heavy (non-hydrogen) atoms. The Bertz CT molecular complexity index is 1850. The number of ether oxygens (including phenoxy) is 2. The first kappa shape index (κ1) is 38.4. The van der Waals surface area contributed by atoms with Crippen molar-refractivity contribution in [3.05, 3.63) is 83.3 Å². The molecule has 0 unspecified atom stereocenters. The monoisotopic (exact) mass is 725 g/mol. The van der Waals surface area contributed by atoms with Crippen molar-refractivity contribution in [3.63, 3.8) is 0 Å². The first-order chi connectivity index (χ1) is 23.4. The number of rotatable bonds is 16. The van der Waals surface area contributed by atoms with E-state index in [0.717, 1.165) is 34.3 Å². The molecule has 3 N–H and O–H groups in total. The van der Waals surface area contributed by atoms with Crippen molar-refractivity contribution in [1.82, 2.24) is 25.3 Å². The summed E-state index contributed by atoms with van der Waals surface area (Å²) >= 11 is 0. The first-order valence-corrected chi connectivity index (χ1v) is 17.7. The van der Waals surface area contributed by atoms with E-state index in [1.807, 2.05) is 45.9 Å². The largest absolute Gasteiger partial charge is 0.478 e. The topological polar surface area (TPSA) is 169 Å². The quantitative estimate of drug-likeness (QED) is 0.134. The minimum absolute atomic E-state index is 0. The van der Waals surface area contributed by atoms with E-state index < -0.39 is 16.0 Å². The molecule has 1 fully saturated rings. The number of anilines is 2. The number of carboxylic acid groups (broad SMARTS) is 1. The number of aromatic carboxylic acids is 1. The fourth-order valence-electron chi connectivity index (χ4n) is 5.36. The van der Waals surface area contributed by atoms with Gasteiger partial charge >= 0.3 is 5.97 Å². The smallest absolute Gasteiger partial charge is 0.335 e. The van der Waals surface area contributed by atoms with Crippen LogP contribution >= 0.6 is 12.4 Å². The maximum absolute atomic E-state index is 13.3. The molecule has 1 aliphatic carbocycles. The Morgan fingerprint density at radius 3 is 2.36 bits per heavy atom. The molecule has 0 amide bonds. The average Bonchev–Trinajstić information content (AvgIpc) is 3.03. The zero-order valence-electron chi connectivity index (χ0n) is 28.8. The number of halogens is 1. The molecule has 1 saturated carbocycles. The molecular weight excluding hydrogens is 682 g/mol. The molecule has 1 atom stereocenters. The molecule has 4 aromatic rings. The lowest BCUT2D eigenvalue weighted by atomic mass is 9.92. The van der Waals surface area contributed by atoms with Gasteiger partial charge in [0.1, 0.15) is 12.4 Å². The van der Waals surface area contributed by atoms with Crippen molar-refractivity contribution >= 4 is 40.2 Å². The highest BCUT2D eigenvalue weighted by atomic mass is 35.5. The van der Waals surface area contributed by atoms with E-state index in [1.165, 1.54) is 37.5 Å². The van der Waals surface area contributed by atoms with Crippen molar-refractivity contribution in [2.75, 3.05) is 29.9 Å². The van der Waals surface area contributed by atoms with Gasteiger partial charge < -0.3 is 24.8 Å². The third-order valence-corrected chi connectivity index (χ3v) is 9.69. The number of carbonyl (C=O) groups is 1. The molecule has 5 rings (SSSR count). The van der Waals surface area contributed by atoms with Gasteiger partial charge in [-0.05, 0) is 76.3 Å². The second-order valence-corrected chi connectivity index (χ2v) is 14.1. The molecule has 0 spiro atoms. The van der Waals surface area contributed by atoms with Gasteiger partial charge in [-0.1, -0.05) is 24.3 Å². The Labute approximate surface area is 299 Å². The summed E-state index contributed by atoms with van der Waals surface area (Å²) in [4.78, 5) is 31.6. The molecule has 1 aliphatic rings. The normalized spacial score (nSPS) is 13.6. The molecule has 0 radical (unpaired) electrons. The number of aryl methyl sites for hydroxylation is 2. The number of carboxylic acids is 1. The minimum Gasteiger partial charge on any atom is -0.478 e. The second kappa shape index (κ2) is 17.0. The molecule has 0 bridgehead atoms. The van der Waals surface area contributed by atoms with E-state index in [0.29, 0.717) is 24.9 Å². The van der Waals surface area contributed by atoms with Crippen LogP contribution in [0.5, 0.6) is 5.88 Å². The van der Waals surface area contributed by atoms with Crippen molar-refractivity contribution in [2.45, 2.75) is 76.6 Å². The van der Waals surface area contributed by atoms with E-state index in [1.54, 1.807) is 18.5 Å². The van der Waals surface area contributed by atoms with Crippen LogP contribution in [0.4, 0.5) is 11.8 Å². The second-order valence-electron chi connectivity index (χ2n) is 12.5. The van der Waals surface area contributed by atoms with Crippen molar-refractivity contribution in [1.29, 1.82) is 0 Å². The van der Waals surface area contributed by atoms with Crippen molar-refractivity contribution in [3.8, 4) is 17.1 Å². The van der Waals surface area contributed by atoms with Crippen LogP contribution in [0.2, 0.25) is 0 Å². The van der Waals surface area contributed by atoms with Gasteiger partial charge in [0.25, 0.3) is 10.0 Å². The van der Waals surface area contributed by atoms with Gasteiger partial charge in [0.15, 0.2) is 0 Å². The van der Waals surface area contributed by atoms with Gasteiger partial charge in [-0.3, -0.25) is 4.98 Å². The summed E-state index contributed by atoms with van der Waals surface area (Å²) in [5.74, 6) is -0.475. The highest BCUT2D eigenvalue weighted by Crippen LogP contribution is 2.30. The van der Waals surface area contributed by atoms with Gasteiger partial charge in [-0.25, -0.2) is 27.9 Å². The summed E-state index contributed by atoms with van der Waals surface area (Å²) in [6.07, 6.45) is 7.14. The van der Waals surface area contributed by atoms with Gasteiger partial charge in [0.05, 0.1) is 53.0 Å². The van der Waals surface area contributed by atoms with Crippen molar-refractivity contribution < 1.29 is 27.8 Å². The van der Waals surface area contributed by atoms with Crippen LogP contribution in [-0.4, -0.2) is 77.9 Å². The zero-order valence-corrected chi connectivity index (χ0v) is 30.4. The summed E-state index contributed by atoms with van der Waals surface area (Å²) in [6.45, 7) is 8.68. The molecule has 2 aromatic carbocycles. The zero-order chi connectivity index (χ0) is 35.1. The number of benzene rings is 2. The van der Waals surface area contributed by atoms with Gasteiger partial charge in [0.2, 0.25) is 11.8 Å². The fraction of sp³-hybridized carbons (Fsp3) is 0.400. The highest BCUT2D eigenvalue weighted by molar-refractivity contribution is 7.92. The van der Waals surface area contributed by atoms with E-state index in [9.17, 15) is 18.3 Å². The van der Waals surface area contributed by atoms with Crippen LogP contribution in [0, 0.1) is 13.8 Å². The van der Waals surface area contributed by atoms with Crippen molar-refractivity contribution in [2.24, 2.45) is 0 Å². The molecule has 268 valence electrons. The Balaban J connectivity index is 0.00000562. The number of hydrogen-bond donors (Lipinski definition) is 3. The summed E-state index contributed by atoms with van der Waals surface area (Å²) in [5, 5.41) is 12.8. The number of aromatic nitrogens is 4. The SMILES string of the molecule is Cc1cccc(C)c1-c1cc(OC[C@@H](COC(C)C)NCc2cnc(N(C)C3CCC3)cn2)nc(NS(=O)(=O)c2cccc(C(=O)O)c2)n1.Cl. The van der Waals surface area contributed by atoms with Crippen LogP contribution in [0.15, 0.2) is 65.8 Å². The van der Waals surface area contributed by atoms with E-state index in [-0.39, 0.29) is 53.4 Å². The van der Waals surface area contributed by atoms with Crippen LogP contribution in [-0.2, 0) is 21.3 Å². The lowest BCUT2D eigenvalue weighted by Crippen LogP contribution is -2.39. The maximum Gasteiger partial charge on any atom is 0.335 e. The maximum atomic E-state index is 13.3. The van der Waals surface area contributed by atoms with E-state index in [4.69, 9.17) is 9.47 Å². The molecule has 2 aromatic heterocycles. The Kier molecular flexibility index (Phi) is 13.1. The Hall–Kier alpha value is -4.37. The minimum atomic E-state index is -4.25. The number of nitrogens with zero attached hydrogens (tertiary/aromatic N) is 5. The van der Waals surface area contributed by atoms with Crippen LogP contribution in [0.25, 0.3) is 11.3 Å². The summed E-state index contributed by atoms with van der Waals surface area (Å²) in [6, 6.07) is 12.8. The Morgan fingerprint density at radius 2 is 1.74 bits per heavy atom. The molecule has 13 nitrogen and oxygen atoms in total. The molecular formula is C35H44ClN7O6S. The van der Waals surface area contributed by atoms with Gasteiger partial charge in [-0.15, -0.1) is 12.4 Å². The third-order valence-electron chi connectivity index (χ3n) is 8.37. The molecule has 0 saturated heterocycles. The van der Waals surface area contributed by atoms with Crippen LogP contribution in [0.3, 0.4) is 0 Å². The van der Waals surface area contributed by atoms with E-state index >= 15 is 0 Å². The number of nitrogens with one attached hydrogen (secondary N) is 2. The summed E-state index contributed by atoms with van der Waals surface area (Å²) < 4.78 is 41.2. The molecule has 0 aliphatic heterocycles. The predicted octanol–water partition coefficient (Wildman–Crippen LogP) is 5.42. The Morgan fingerprint density at radius 1 is 1.02 bits per heavy atom. The lowest BCUT2D eigenvalue weighted by molar-refractivity contribution is 0.0491. The van der Waals surface area contributed by atoms with E-state index in [2.05, 4.69) is 41.9 Å². The summed E-state index contributed by atoms with van der Waals surface area (Å²) in [5.41, 5.74) is 3.74. The molecule has 2 heterocycles. The fourth-order valence-corrected chi connectivity index (χ4v) is 6.35. The van der Waals surface area contributed by atoms with Crippen LogP contribution in [0.1, 0.15) is 60.3 Å². The van der Waals surface area contributed by atoms with Gasteiger partial charge in [-0.2, -0.15) is 4.98 Å². The predicted molar refractivity (Wildman–Crippen MR) is 194 cm³/mol. The standard InChI is InChI=1S/C35H43N7O6S.ClH/c1-22(2)47-20-27(36-17-26-18-38-31(19-37-26)42(5)28-12-8-13-28)21-48-32-16-30(33-23(3)9-6-10-24(33)4)39-35(40-32)41-49(45,46)29-14-7-11-25(15-29)34(43)44;/h6-7,9-11,14-16,18-19,22,27-28,36H,8,12-13,17,20-21H2,1-5H3,(H,43,44)(H,39,40,41);1H/t27-;/m1./s1. The van der Waals surface area contributed by atoms with Gasteiger partial charge in [0, 0.05) is 31.3 Å². The number of hydrogen-bond acceptors (Lipinski definition) is 11. The summed E-state index contributed by atoms with van der Waals surface area (Å²) in [7, 11) is -2.20. The van der Waals surface area contributed by atoms with Crippen LogP contribution < -0.4 is 19.7 Å². The average molecular weight is 726 g/mol. The molecule has 15 heteroatoms. The lowest BCUT2D eigenvalue weighted by Gasteiger charge is -2.35. The first-order valence-electron chi connectivity index (χ1n) is 16.2.